The Labute approximate surface area is 124 Å². The summed E-state index contributed by atoms with van der Waals surface area (Å²) < 4.78 is 2.29. The van der Waals surface area contributed by atoms with Gasteiger partial charge >= 0.3 is 0 Å². The van der Waals surface area contributed by atoms with Gasteiger partial charge in [0, 0.05) is 6.54 Å². The molecule has 2 unspecified atom stereocenters. The number of hydrogen-bond donors (Lipinski definition) is 0. The van der Waals surface area contributed by atoms with Crippen molar-refractivity contribution < 1.29 is 0 Å². The van der Waals surface area contributed by atoms with Gasteiger partial charge < -0.3 is 4.57 Å². The van der Waals surface area contributed by atoms with Crippen molar-refractivity contribution in [3.8, 4) is 0 Å². The van der Waals surface area contributed by atoms with E-state index >= 15 is 0 Å². The van der Waals surface area contributed by atoms with Gasteiger partial charge in [0.15, 0.2) is 0 Å². The fraction of sp³-hybridized carbons (Fsp3) is 0.533. The first-order chi connectivity index (χ1) is 9.02. The van der Waals surface area contributed by atoms with Crippen LogP contribution in [-0.4, -0.2) is 21.6 Å². The average Bonchev–Trinajstić information content (AvgIpc) is 2.68. The highest BCUT2D eigenvalue weighted by molar-refractivity contribution is 7.98. The van der Waals surface area contributed by atoms with Gasteiger partial charge in [0.05, 0.1) is 16.4 Å². The molecule has 0 aliphatic rings. The molecular formula is C15H21ClN2S. The van der Waals surface area contributed by atoms with Crippen LogP contribution in [0.3, 0.4) is 0 Å². The van der Waals surface area contributed by atoms with Gasteiger partial charge in [-0.25, -0.2) is 4.98 Å². The molecule has 0 radical (unpaired) electrons. The summed E-state index contributed by atoms with van der Waals surface area (Å²) in [5.41, 5.74) is 3.51. The summed E-state index contributed by atoms with van der Waals surface area (Å²) >= 11 is 8.18. The molecule has 0 spiro atoms. The largest absolute Gasteiger partial charge is 0.326 e. The molecule has 0 saturated carbocycles. The number of aryl methyl sites for hydroxylation is 1. The molecule has 1 heterocycles. The van der Waals surface area contributed by atoms with Crippen LogP contribution in [0.4, 0.5) is 0 Å². The molecule has 0 N–H and O–H groups in total. The molecule has 0 fully saturated rings. The first-order valence-electron chi connectivity index (χ1n) is 6.62. The number of alkyl halides is 1. The number of benzene rings is 1. The molecule has 1 aromatic carbocycles. The number of thioether (sulfide) groups is 1. The van der Waals surface area contributed by atoms with Crippen LogP contribution in [0, 0.1) is 12.8 Å². The second kappa shape index (κ2) is 6.19. The zero-order chi connectivity index (χ0) is 14.0. The van der Waals surface area contributed by atoms with Crippen molar-refractivity contribution in [3.05, 3.63) is 29.6 Å². The van der Waals surface area contributed by atoms with E-state index in [1.807, 2.05) is 18.7 Å². The van der Waals surface area contributed by atoms with Crippen LogP contribution in [0.25, 0.3) is 11.0 Å². The monoisotopic (exact) mass is 296 g/mol. The maximum atomic E-state index is 6.29. The van der Waals surface area contributed by atoms with Crippen molar-refractivity contribution in [1.29, 1.82) is 0 Å². The minimum absolute atomic E-state index is 0.0609. The molecule has 2 atom stereocenters. The summed E-state index contributed by atoms with van der Waals surface area (Å²) in [5, 5.41) is -0.0609. The van der Waals surface area contributed by atoms with Crippen molar-refractivity contribution in [3.63, 3.8) is 0 Å². The summed E-state index contributed by atoms with van der Waals surface area (Å²) in [4.78, 5) is 4.69. The van der Waals surface area contributed by atoms with E-state index in [2.05, 4.69) is 42.9 Å². The molecule has 1 aromatic heterocycles. The van der Waals surface area contributed by atoms with Crippen LogP contribution in [0.5, 0.6) is 0 Å². The number of fused-ring (bicyclic) bond motifs is 1. The average molecular weight is 297 g/mol. The van der Waals surface area contributed by atoms with Gasteiger partial charge in [-0.15, -0.1) is 11.6 Å². The lowest BCUT2D eigenvalue weighted by molar-refractivity contribution is 0.524. The number of rotatable bonds is 5. The van der Waals surface area contributed by atoms with E-state index in [1.54, 1.807) is 0 Å². The van der Waals surface area contributed by atoms with E-state index in [1.165, 1.54) is 11.1 Å². The number of nitrogens with zero attached hydrogens (tertiary/aromatic N) is 2. The first kappa shape index (κ1) is 14.7. The number of halogens is 1. The van der Waals surface area contributed by atoms with Crippen LogP contribution in [0.2, 0.25) is 0 Å². The second-order valence-electron chi connectivity index (χ2n) is 5.25. The predicted octanol–water partition coefficient (Wildman–Crippen LogP) is 4.64. The number of hydrogen-bond acceptors (Lipinski definition) is 2. The fourth-order valence-electron chi connectivity index (χ4n) is 2.40. The third-order valence-electron chi connectivity index (χ3n) is 3.23. The summed E-state index contributed by atoms with van der Waals surface area (Å²) in [7, 11) is 0. The van der Waals surface area contributed by atoms with Crippen molar-refractivity contribution in [2.24, 2.45) is 5.92 Å². The molecule has 2 rings (SSSR count). The molecule has 104 valence electrons. The highest BCUT2D eigenvalue weighted by Crippen LogP contribution is 2.26. The Morgan fingerprint density at radius 3 is 2.74 bits per heavy atom. The van der Waals surface area contributed by atoms with Gasteiger partial charge in [0.1, 0.15) is 5.82 Å². The van der Waals surface area contributed by atoms with Crippen molar-refractivity contribution >= 4 is 34.4 Å². The van der Waals surface area contributed by atoms with E-state index in [0.717, 1.165) is 23.6 Å². The smallest absolute Gasteiger partial charge is 0.127 e. The lowest BCUT2D eigenvalue weighted by Gasteiger charge is -2.15. The fourth-order valence-corrected chi connectivity index (χ4v) is 3.24. The van der Waals surface area contributed by atoms with Gasteiger partial charge in [0.25, 0.3) is 0 Å². The molecule has 0 aliphatic heterocycles. The lowest BCUT2D eigenvalue weighted by atomic mass is 10.2. The molecule has 2 nitrogen and oxygen atoms in total. The Bertz CT molecular complexity index is 563. The number of imidazole rings is 1. The topological polar surface area (TPSA) is 17.8 Å². The van der Waals surface area contributed by atoms with Crippen LogP contribution in [0.15, 0.2) is 18.2 Å². The lowest BCUT2D eigenvalue weighted by Crippen LogP contribution is -2.13. The van der Waals surface area contributed by atoms with E-state index in [0.29, 0.717) is 5.92 Å². The first-order valence-corrected chi connectivity index (χ1v) is 8.45. The van der Waals surface area contributed by atoms with Gasteiger partial charge in [-0.2, -0.15) is 11.8 Å². The Hall–Kier alpha value is -0.670. The van der Waals surface area contributed by atoms with Crippen molar-refractivity contribution in [2.75, 3.05) is 12.0 Å². The van der Waals surface area contributed by atoms with E-state index in [9.17, 15) is 0 Å². The third-order valence-corrected chi connectivity index (χ3v) is 4.33. The van der Waals surface area contributed by atoms with Crippen LogP contribution in [0.1, 0.15) is 30.6 Å². The van der Waals surface area contributed by atoms with Crippen molar-refractivity contribution in [2.45, 2.75) is 32.7 Å². The van der Waals surface area contributed by atoms with Gasteiger partial charge in [-0.3, -0.25) is 0 Å². The molecule has 0 bridgehead atoms. The van der Waals surface area contributed by atoms with Crippen LogP contribution >= 0.6 is 23.4 Å². The summed E-state index contributed by atoms with van der Waals surface area (Å²) in [6.07, 6.45) is 2.15. The molecular weight excluding hydrogens is 276 g/mol. The minimum atomic E-state index is -0.0609. The predicted molar refractivity (Wildman–Crippen MR) is 86.3 cm³/mol. The summed E-state index contributed by atoms with van der Waals surface area (Å²) in [6.45, 7) is 7.37. The standard InChI is InChI=1S/C15H21ClN2S/c1-10-5-6-13-14(7-10)18(8-11(2)9-19-4)15(17-13)12(3)16/h5-7,11-12H,8-9H2,1-4H3. The summed E-state index contributed by atoms with van der Waals surface area (Å²) in [5.74, 6) is 2.75. The highest BCUT2D eigenvalue weighted by Gasteiger charge is 2.16. The Morgan fingerprint density at radius 1 is 1.37 bits per heavy atom. The van der Waals surface area contributed by atoms with Crippen LogP contribution in [-0.2, 0) is 6.54 Å². The Morgan fingerprint density at radius 2 is 2.11 bits per heavy atom. The molecule has 4 heteroatoms. The maximum absolute atomic E-state index is 6.29. The normalized spacial score (nSPS) is 14.8. The molecule has 0 aliphatic carbocycles. The highest BCUT2D eigenvalue weighted by atomic mass is 35.5. The third kappa shape index (κ3) is 3.26. The quantitative estimate of drug-likeness (QED) is 0.748. The Kier molecular flexibility index (Phi) is 4.80. The van der Waals surface area contributed by atoms with Gasteiger partial charge in [-0.1, -0.05) is 13.0 Å². The van der Waals surface area contributed by atoms with Gasteiger partial charge in [-0.05, 0) is 49.5 Å². The van der Waals surface area contributed by atoms with E-state index in [4.69, 9.17) is 16.6 Å². The molecule has 19 heavy (non-hydrogen) atoms. The second-order valence-corrected chi connectivity index (χ2v) is 6.81. The zero-order valence-corrected chi connectivity index (χ0v) is 13.6. The minimum Gasteiger partial charge on any atom is -0.326 e. The zero-order valence-electron chi connectivity index (χ0n) is 12.0. The van der Waals surface area contributed by atoms with Crippen LogP contribution < -0.4 is 0 Å². The Balaban J connectivity index is 2.47. The number of aromatic nitrogens is 2. The van der Waals surface area contributed by atoms with Crippen molar-refractivity contribution in [1.82, 2.24) is 9.55 Å². The van der Waals surface area contributed by atoms with Gasteiger partial charge in [0.2, 0.25) is 0 Å². The molecule has 0 amide bonds. The molecule has 0 saturated heterocycles. The van der Waals surface area contributed by atoms with E-state index < -0.39 is 0 Å². The molecule has 2 aromatic rings. The van der Waals surface area contributed by atoms with E-state index in [-0.39, 0.29) is 5.38 Å². The maximum Gasteiger partial charge on any atom is 0.127 e. The summed E-state index contributed by atoms with van der Waals surface area (Å²) in [6, 6.07) is 6.40. The SMILES string of the molecule is CSCC(C)Cn1c(C(C)Cl)nc2ccc(C)cc21.